The first-order valence-electron chi connectivity index (χ1n) is 8.02. The molecule has 2 aromatic rings. The summed E-state index contributed by atoms with van der Waals surface area (Å²) in [5.41, 5.74) is 3.04. The highest BCUT2D eigenvalue weighted by molar-refractivity contribution is 5.90. The summed E-state index contributed by atoms with van der Waals surface area (Å²) in [7, 11) is 2.73. The summed E-state index contributed by atoms with van der Waals surface area (Å²) in [6, 6.07) is 14.3. The minimum Gasteiger partial charge on any atom is -0.465 e. The van der Waals surface area contributed by atoms with E-state index in [4.69, 9.17) is 0 Å². The van der Waals surface area contributed by atoms with E-state index < -0.39 is 0 Å². The second-order valence-corrected chi connectivity index (χ2v) is 5.33. The molecule has 0 saturated carbocycles. The molecule has 132 valence electrons. The van der Waals surface area contributed by atoms with E-state index in [0.29, 0.717) is 11.1 Å². The van der Waals surface area contributed by atoms with Gasteiger partial charge in [0.25, 0.3) is 0 Å². The fourth-order valence-electron chi connectivity index (χ4n) is 2.16. The summed E-state index contributed by atoms with van der Waals surface area (Å²) in [5, 5.41) is 0. The minimum absolute atomic E-state index is 0.342. The quantitative estimate of drug-likeness (QED) is 0.568. The van der Waals surface area contributed by atoms with Gasteiger partial charge in [-0.25, -0.2) is 9.59 Å². The van der Waals surface area contributed by atoms with Crippen molar-refractivity contribution in [2.45, 2.75) is 0 Å². The van der Waals surface area contributed by atoms with Crippen LogP contribution in [0, 0.1) is 0 Å². The largest absolute Gasteiger partial charge is 0.465 e. The monoisotopic (exact) mass is 348 g/mol. The molecule has 0 fully saturated rings. The zero-order valence-electron chi connectivity index (χ0n) is 14.7. The van der Waals surface area contributed by atoms with Gasteiger partial charge < -0.3 is 9.47 Å². The zero-order valence-corrected chi connectivity index (χ0v) is 14.7. The lowest BCUT2D eigenvalue weighted by Crippen LogP contribution is -2.00. The lowest BCUT2D eigenvalue weighted by molar-refractivity contribution is 0.0592. The molecular formula is C22H20O4. The molecule has 26 heavy (non-hydrogen) atoms. The second kappa shape index (κ2) is 9.79. The maximum Gasteiger partial charge on any atom is 0.337 e. The molecule has 0 aromatic heterocycles. The van der Waals surface area contributed by atoms with Crippen LogP contribution in [0.5, 0.6) is 0 Å². The van der Waals surface area contributed by atoms with Crippen molar-refractivity contribution in [1.82, 2.24) is 0 Å². The van der Waals surface area contributed by atoms with Gasteiger partial charge in [-0.2, -0.15) is 0 Å². The molecule has 2 rings (SSSR count). The summed E-state index contributed by atoms with van der Waals surface area (Å²) in [4.78, 5) is 22.7. The Morgan fingerprint density at radius 2 is 0.962 bits per heavy atom. The van der Waals surface area contributed by atoms with Crippen molar-refractivity contribution in [3.05, 3.63) is 95.1 Å². The number of esters is 2. The van der Waals surface area contributed by atoms with Crippen LogP contribution in [0.1, 0.15) is 31.8 Å². The Hall–Kier alpha value is -3.40. The molecule has 0 aliphatic heterocycles. The first kappa shape index (κ1) is 18.9. The van der Waals surface area contributed by atoms with Crippen molar-refractivity contribution < 1.29 is 19.1 Å². The predicted molar refractivity (Wildman–Crippen MR) is 103 cm³/mol. The third-order valence-corrected chi connectivity index (χ3v) is 3.57. The summed E-state index contributed by atoms with van der Waals surface area (Å²) >= 11 is 0. The molecule has 0 heterocycles. The molecule has 0 atom stereocenters. The lowest BCUT2D eigenvalue weighted by Gasteiger charge is -1.99. The lowest BCUT2D eigenvalue weighted by atomic mass is 10.1. The third kappa shape index (κ3) is 5.60. The Balaban J connectivity index is 1.88. The number of hydrogen-bond donors (Lipinski definition) is 0. The number of hydrogen-bond acceptors (Lipinski definition) is 4. The van der Waals surface area contributed by atoms with Gasteiger partial charge in [0.2, 0.25) is 0 Å². The van der Waals surface area contributed by atoms with Crippen LogP contribution in [-0.4, -0.2) is 26.2 Å². The number of ether oxygens (including phenoxy) is 2. The number of allylic oxidation sites excluding steroid dienone is 4. The Morgan fingerprint density at radius 1 is 0.615 bits per heavy atom. The van der Waals surface area contributed by atoms with E-state index in [-0.39, 0.29) is 11.9 Å². The van der Waals surface area contributed by atoms with Crippen LogP contribution in [0.2, 0.25) is 0 Å². The molecule has 0 spiro atoms. The Bertz CT molecular complexity index is 754. The zero-order chi connectivity index (χ0) is 18.8. The fraction of sp³-hybridized carbons (Fsp3) is 0.0909. The maximum absolute atomic E-state index is 11.4. The topological polar surface area (TPSA) is 52.6 Å². The Kier molecular flexibility index (Phi) is 7.13. The number of benzene rings is 2. The smallest absolute Gasteiger partial charge is 0.337 e. The molecule has 0 radical (unpaired) electrons. The number of carbonyl (C=O) groups is 2. The number of methoxy groups -OCH3 is 2. The molecule has 4 heteroatoms. The van der Waals surface area contributed by atoms with Gasteiger partial charge in [0.1, 0.15) is 0 Å². The van der Waals surface area contributed by atoms with Crippen molar-refractivity contribution >= 4 is 24.1 Å². The van der Waals surface area contributed by atoms with E-state index in [1.807, 2.05) is 60.7 Å². The fourth-order valence-corrected chi connectivity index (χ4v) is 2.16. The van der Waals surface area contributed by atoms with Crippen molar-refractivity contribution in [2.75, 3.05) is 14.2 Å². The molecular weight excluding hydrogens is 328 g/mol. The Labute approximate surface area is 153 Å². The summed E-state index contributed by atoms with van der Waals surface area (Å²) < 4.78 is 9.33. The van der Waals surface area contributed by atoms with E-state index in [9.17, 15) is 9.59 Å². The molecule has 0 saturated heterocycles. The molecule has 0 aliphatic carbocycles. The van der Waals surface area contributed by atoms with Gasteiger partial charge in [-0.3, -0.25) is 0 Å². The molecule has 0 aliphatic rings. The first-order valence-corrected chi connectivity index (χ1v) is 8.02. The van der Waals surface area contributed by atoms with E-state index in [1.54, 1.807) is 24.3 Å². The van der Waals surface area contributed by atoms with Gasteiger partial charge in [-0.15, -0.1) is 0 Å². The number of carbonyl (C=O) groups excluding carboxylic acids is 2. The normalized spacial score (nSPS) is 11.3. The average molecular weight is 348 g/mol. The minimum atomic E-state index is -0.342. The molecule has 0 N–H and O–H groups in total. The van der Waals surface area contributed by atoms with Crippen LogP contribution in [0.15, 0.2) is 72.8 Å². The summed E-state index contributed by atoms with van der Waals surface area (Å²) in [5.74, 6) is -0.685. The van der Waals surface area contributed by atoms with E-state index in [1.165, 1.54) is 14.2 Å². The van der Waals surface area contributed by atoms with Gasteiger partial charge in [0, 0.05) is 0 Å². The van der Waals surface area contributed by atoms with Gasteiger partial charge in [0.05, 0.1) is 25.3 Å². The molecule has 0 amide bonds. The van der Waals surface area contributed by atoms with Gasteiger partial charge in [-0.1, -0.05) is 60.7 Å². The first-order chi connectivity index (χ1) is 12.6. The van der Waals surface area contributed by atoms with Crippen LogP contribution in [0.4, 0.5) is 0 Å². The SMILES string of the molecule is COC(=O)c1ccc(/C=C/C=C/C=C/c2ccc(C(=O)OC)cc2)cc1. The molecule has 0 bridgehead atoms. The van der Waals surface area contributed by atoms with E-state index in [0.717, 1.165) is 11.1 Å². The van der Waals surface area contributed by atoms with E-state index in [2.05, 4.69) is 9.47 Å². The van der Waals surface area contributed by atoms with Crippen LogP contribution in [0.25, 0.3) is 12.2 Å². The van der Waals surface area contributed by atoms with Crippen molar-refractivity contribution in [1.29, 1.82) is 0 Å². The Morgan fingerprint density at radius 3 is 1.27 bits per heavy atom. The van der Waals surface area contributed by atoms with Crippen LogP contribution >= 0.6 is 0 Å². The number of rotatable bonds is 6. The molecule has 2 aromatic carbocycles. The second-order valence-electron chi connectivity index (χ2n) is 5.33. The van der Waals surface area contributed by atoms with E-state index >= 15 is 0 Å². The van der Waals surface area contributed by atoms with Crippen molar-refractivity contribution in [2.24, 2.45) is 0 Å². The highest BCUT2D eigenvalue weighted by Gasteiger charge is 2.03. The highest BCUT2D eigenvalue weighted by atomic mass is 16.5. The molecule has 0 unspecified atom stereocenters. The predicted octanol–water partition coefficient (Wildman–Crippen LogP) is 4.54. The van der Waals surface area contributed by atoms with Gasteiger partial charge in [0.15, 0.2) is 0 Å². The third-order valence-electron chi connectivity index (χ3n) is 3.57. The van der Waals surface area contributed by atoms with Crippen LogP contribution in [0.3, 0.4) is 0 Å². The standard InChI is InChI=1S/C22H20O4/c1-25-21(23)19-13-9-17(10-14-19)7-5-3-4-6-8-18-11-15-20(16-12-18)22(24)26-2/h3-16H,1-2H3/b4-3+,7-5+,8-6+. The van der Waals surface area contributed by atoms with Gasteiger partial charge >= 0.3 is 11.9 Å². The summed E-state index contributed by atoms with van der Waals surface area (Å²) in [6.07, 6.45) is 11.5. The van der Waals surface area contributed by atoms with Crippen molar-refractivity contribution in [3.63, 3.8) is 0 Å². The molecule has 4 nitrogen and oxygen atoms in total. The van der Waals surface area contributed by atoms with Crippen molar-refractivity contribution in [3.8, 4) is 0 Å². The maximum atomic E-state index is 11.4. The highest BCUT2D eigenvalue weighted by Crippen LogP contribution is 2.09. The average Bonchev–Trinajstić information content (AvgIpc) is 2.70. The van der Waals surface area contributed by atoms with Crippen LogP contribution < -0.4 is 0 Å². The summed E-state index contributed by atoms with van der Waals surface area (Å²) in [6.45, 7) is 0. The van der Waals surface area contributed by atoms with Crippen LogP contribution in [-0.2, 0) is 9.47 Å². The van der Waals surface area contributed by atoms with Gasteiger partial charge in [-0.05, 0) is 35.4 Å².